The fourth-order valence-corrected chi connectivity index (χ4v) is 3.98. The molecule has 160 valence electrons. The SMILES string of the molecule is CC1(C)CC(c2ccc(OCc3ccc4cc(F)ccc4n3)cc2)=C(c2ccncc2)O1. The van der Waals surface area contributed by atoms with E-state index in [0.717, 1.165) is 45.7 Å². The van der Waals surface area contributed by atoms with Gasteiger partial charge in [-0.1, -0.05) is 18.2 Å². The Morgan fingerprint density at radius 3 is 2.50 bits per heavy atom. The highest BCUT2D eigenvalue weighted by Gasteiger charge is 2.33. The molecule has 2 aromatic heterocycles. The lowest BCUT2D eigenvalue weighted by molar-refractivity contribution is 0.101. The van der Waals surface area contributed by atoms with Crippen LogP contribution in [-0.4, -0.2) is 15.6 Å². The largest absolute Gasteiger partial charge is 0.487 e. The fraction of sp³-hybridized carbons (Fsp3) is 0.185. The molecular weight excluding hydrogens is 403 g/mol. The third kappa shape index (κ3) is 4.19. The average Bonchev–Trinajstić information content (AvgIpc) is 3.14. The van der Waals surface area contributed by atoms with E-state index in [1.54, 1.807) is 18.5 Å². The number of fused-ring (bicyclic) bond motifs is 1. The van der Waals surface area contributed by atoms with Crippen LogP contribution in [0.2, 0.25) is 0 Å². The number of hydrogen-bond acceptors (Lipinski definition) is 4. The summed E-state index contributed by atoms with van der Waals surface area (Å²) in [5.74, 6) is 1.41. The van der Waals surface area contributed by atoms with Gasteiger partial charge in [0.25, 0.3) is 0 Å². The predicted octanol–water partition coefficient (Wildman–Crippen LogP) is 6.42. The summed E-state index contributed by atoms with van der Waals surface area (Å²) >= 11 is 0. The highest BCUT2D eigenvalue weighted by Crippen LogP contribution is 2.43. The first-order chi connectivity index (χ1) is 15.5. The van der Waals surface area contributed by atoms with Gasteiger partial charge < -0.3 is 9.47 Å². The lowest BCUT2D eigenvalue weighted by atomic mass is 9.94. The van der Waals surface area contributed by atoms with Gasteiger partial charge in [0.15, 0.2) is 0 Å². The van der Waals surface area contributed by atoms with Crippen LogP contribution in [0.25, 0.3) is 22.2 Å². The molecule has 4 nitrogen and oxygen atoms in total. The monoisotopic (exact) mass is 426 g/mol. The maximum Gasteiger partial charge on any atom is 0.131 e. The zero-order valence-corrected chi connectivity index (χ0v) is 18.0. The third-order valence-corrected chi connectivity index (χ3v) is 5.50. The van der Waals surface area contributed by atoms with E-state index in [1.165, 1.54) is 17.7 Å². The second kappa shape index (κ2) is 8.08. The molecule has 0 atom stereocenters. The fourth-order valence-electron chi connectivity index (χ4n) is 3.98. The number of nitrogens with zero attached hydrogens (tertiary/aromatic N) is 2. The first-order valence-electron chi connectivity index (χ1n) is 10.6. The van der Waals surface area contributed by atoms with Crippen LogP contribution in [0, 0.1) is 5.82 Å². The van der Waals surface area contributed by atoms with Crippen LogP contribution >= 0.6 is 0 Å². The van der Waals surface area contributed by atoms with Gasteiger partial charge in [-0.2, -0.15) is 0 Å². The molecule has 3 heterocycles. The Morgan fingerprint density at radius 1 is 0.938 bits per heavy atom. The molecule has 0 unspecified atom stereocenters. The van der Waals surface area contributed by atoms with Crippen molar-refractivity contribution in [3.05, 3.63) is 102 Å². The van der Waals surface area contributed by atoms with E-state index in [1.807, 2.05) is 36.4 Å². The summed E-state index contributed by atoms with van der Waals surface area (Å²) in [4.78, 5) is 8.66. The second-order valence-electron chi connectivity index (χ2n) is 8.53. The molecule has 0 saturated carbocycles. The van der Waals surface area contributed by atoms with E-state index in [9.17, 15) is 4.39 Å². The van der Waals surface area contributed by atoms with Crippen molar-refractivity contribution in [2.24, 2.45) is 0 Å². The van der Waals surface area contributed by atoms with Gasteiger partial charge in [0.05, 0.1) is 11.2 Å². The van der Waals surface area contributed by atoms with Gasteiger partial charge in [-0.15, -0.1) is 0 Å². The van der Waals surface area contributed by atoms with Crippen molar-refractivity contribution < 1.29 is 13.9 Å². The first kappa shape index (κ1) is 20.2. The maximum absolute atomic E-state index is 13.3. The summed E-state index contributed by atoms with van der Waals surface area (Å²) in [6.45, 7) is 4.54. The van der Waals surface area contributed by atoms with Gasteiger partial charge in [0.2, 0.25) is 0 Å². The lowest BCUT2D eigenvalue weighted by Gasteiger charge is -2.19. The van der Waals surface area contributed by atoms with Gasteiger partial charge in [-0.3, -0.25) is 4.98 Å². The Bertz CT molecular complexity index is 1300. The smallest absolute Gasteiger partial charge is 0.131 e. The number of pyridine rings is 2. The molecule has 0 radical (unpaired) electrons. The molecular formula is C27H23FN2O2. The van der Waals surface area contributed by atoms with Crippen molar-refractivity contribution in [3.63, 3.8) is 0 Å². The molecule has 1 aliphatic rings. The Balaban J connectivity index is 1.34. The molecule has 0 amide bonds. The maximum atomic E-state index is 13.3. The van der Waals surface area contributed by atoms with Gasteiger partial charge >= 0.3 is 0 Å². The number of benzene rings is 2. The minimum atomic E-state index is -0.262. The standard InChI is InChI=1S/C27H23FN2O2/c1-27(2)16-24(26(32-27)19-11-13-29-14-12-19)18-4-8-23(9-5-18)31-17-22-7-3-20-15-21(28)6-10-25(20)30-22/h3-15H,16-17H2,1-2H3. The van der Waals surface area contributed by atoms with Crippen LogP contribution in [0.4, 0.5) is 4.39 Å². The quantitative estimate of drug-likeness (QED) is 0.370. The minimum absolute atomic E-state index is 0.256. The molecule has 32 heavy (non-hydrogen) atoms. The number of rotatable bonds is 5. The average molecular weight is 426 g/mol. The molecule has 4 aromatic rings. The van der Waals surface area contributed by atoms with Crippen molar-refractivity contribution in [2.45, 2.75) is 32.5 Å². The third-order valence-electron chi connectivity index (χ3n) is 5.50. The summed E-state index contributed by atoms with van der Waals surface area (Å²) < 4.78 is 25.6. The molecule has 0 spiro atoms. The van der Waals surface area contributed by atoms with Crippen LogP contribution in [-0.2, 0) is 11.3 Å². The van der Waals surface area contributed by atoms with E-state index >= 15 is 0 Å². The van der Waals surface area contributed by atoms with E-state index in [0.29, 0.717) is 6.61 Å². The number of aromatic nitrogens is 2. The van der Waals surface area contributed by atoms with Crippen LogP contribution in [0.1, 0.15) is 37.1 Å². The van der Waals surface area contributed by atoms with E-state index in [4.69, 9.17) is 9.47 Å². The van der Waals surface area contributed by atoms with E-state index < -0.39 is 0 Å². The van der Waals surface area contributed by atoms with Gasteiger partial charge in [0.1, 0.15) is 29.5 Å². The normalized spacial score (nSPS) is 15.1. The molecule has 1 aliphatic heterocycles. The van der Waals surface area contributed by atoms with Crippen molar-refractivity contribution in [2.75, 3.05) is 0 Å². The summed E-state index contributed by atoms with van der Waals surface area (Å²) in [6, 6.07) is 20.3. The van der Waals surface area contributed by atoms with Crippen LogP contribution in [0.3, 0.4) is 0 Å². The Labute approximate surface area is 186 Å². The predicted molar refractivity (Wildman–Crippen MR) is 123 cm³/mol. The first-order valence-corrected chi connectivity index (χ1v) is 10.6. The molecule has 0 bridgehead atoms. The molecule has 2 aromatic carbocycles. The highest BCUT2D eigenvalue weighted by atomic mass is 19.1. The molecule has 0 fully saturated rings. The molecule has 0 N–H and O–H groups in total. The summed E-state index contributed by atoms with van der Waals surface area (Å²) in [7, 11) is 0. The Hall–Kier alpha value is -3.73. The van der Waals surface area contributed by atoms with Crippen LogP contribution < -0.4 is 4.74 Å². The molecule has 0 aliphatic carbocycles. The van der Waals surface area contributed by atoms with Crippen LogP contribution in [0.15, 0.2) is 79.1 Å². The summed E-state index contributed by atoms with van der Waals surface area (Å²) in [5.41, 5.74) is 4.61. The number of hydrogen-bond donors (Lipinski definition) is 0. The topological polar surface area (TPSA) is 44.2 Å². The molecule has 5 rings (SSSR count). The van der Waals surface area contributed by atoms with Gasteiger partial charge in [-0.25, -0.2) is 9.37 Å². The zero-order valence-electron chi connectivity index (χ0n) is 18.0. The second-order valence-corrected chi connectivity index (χ2v) is 8.53. The highest BCUT2D eigenvalue weighted by molar-refractivity contribution is 5.90. The van der Waals surface area contributed by atoms with Gasteiger partial charge in [-0.05, 0) is 67.9 Å². The van der Waals surface area contributed by atoms with Gasteiger partial charge in [0, 0.05) is 35.3 Å². The molecule has 0 saturated heterocycles. The van der Waals surface area contributed by atoms with Crippen molar-refractivity contribution in [1.82, 2.24) is 9.97 Å². The zero-order chi connectivity index (χ0) is 22.1. The minimum Gasteiger partial charge on any atom is -0.487 e. The van der Waals surface area contributed by atoms with Crippen molar-refractivity contribution >= 4 is 22.2 Å². The molecule has 5 heteroatoms. The summed E-state index contributed by atoms with van der Waals surface area (Å²) in [6.07, 6.45) is 4.39. The van der Waals surface area contributed by atoms with Crippen LogP contribution in [0.5, 0.6) is 5.75 Å². The summed E-state index contributed by atoms with van der Waals surface area (Å²) in [5, 5.41) is 0.776. The van der Waals surface area contributed by atoms with Crippen molar-refractivity contribution in [1.29, 1.82) is 0 Å². The van der Waals surface area contributed by atoms with E-state index in [-0.39, 0.29) is 11.4 Å². The number of halogens is 1. The van der Waals surface area contributed by atoms with E-state index in [2.05, 4.69) is 35.9 Å². The van der Waals surface area contributed by atoms with Crippen molar-refractivity contribution in [3.8, 4) is 5.75 Å². The number of ether oxygens (including phenoxy) is 2. The Morgan fingerprint density at radius 2 is 1.72 bits per heavy atom. The Kier molecular flexibility index (Phi) is 5.10. The lowest BCUT2D eigenvalue weighted by Crippen LogP contribution is -2.17.